The molecule has 1 rings (SSSR count). The van der Waals surface area contributed by atoms with Crippen LogP contribution in [0, 0.1) is 5.92 Å². The summed E-state index contributed by atoms with van der Waals surface area (Å²) in [6.45, 7) is 15.7. The highest BCUT2D eigenvalue weighted by atomic mass is 28.5. The minimum atomic E-state index is -2.25. The molecule has 0 aromatic carbocycles. The number of aliphatic carboxylic acids is 1. The van der Waals surface area contributed by atoms with E-state index in [1.807, 2.05) is 0 Å². The van der Waals surface area contributed by atoms with Crippen LogP contribution in [0.1, 0.15) is 38.5 Å². The van der Waals surface area contributed by atoms with Gasteiger partial charge in [-0.3, -0.25) is 0 Å². The predicted octanol–water partition coefficient (Wildman–Crippen LogP) is 5.29. The molecular formula is C20H40O6Si3. The lowest BCUT2D eigenvalue weighted by molar-refractivity contribution is -0.139. The van der Waals surface area contributed by atoms with E-state index in [2.05, 4.69) is 45.8 Å². The van der Waals surface area contributed by atoms with Gasteiger partial charge in [-0.15, -0.1) is 0 Å². The summed E-state index contributed by atoms with van der Waals surface area (Å²) in [6.07, 6.45) is 8.73. The van der Waals surface area contributed by atoms with Gasteiger partial charge >= 0.3 is 20.5 Å². The van der Waals surface area contributed by atoms with Crippen LogP contribution in [0.2, 0.25) is 51.4 Å². The molecule has 6 nitrogen and oxygen atoms in total. The van der Waals surface area contributed by atoms with E-state index in [1.54, 1.807) is 0 Å². The van der Waals surface area contributed by atoms with Gasteiger partial charge in [0.15, 0.2) is 16.6 Å². The lowest BCUT2D eigenvalue weighted by Gasteiger charge is -2.44. The lowest BCUT2D eigenvalue weighted by Crippen LogP contribution is -2.54. The number of hydrogen-bond acceptors (Lipinski definition) is 5. The van der Waals surface area contributed by atoms with Gasteiger partial charge < -0.3 is 18.1 Å². The fourth-order valence-corrected chi connectivity index (χ4v) is 19.0. The van der Waals surface area contributed by atoms with Gasteiger partial charge in [-0.25, -0.2) is 9.59 Å². The van der Waals surface area contributed by atoms with E-state index in [0.717, 1.165) is 18.6 Å². The number of hydrogen-bond donors (Lipinski definition) is 1. The number of carboxylic acids is 1. The van der Waals surface area contributed by atoms with Crippen molar-refractivity contribution in [1.29, 1.82) is 0 Å². The Morgan fingerprint density at radius 3 is 2.07 bits per heavy atom. The number of carboxylic acid groups (broad SMARTS) is 1. The first-order valence-electron chi connectivity index (χ1n) is 10.7. The zero-order valence-corrected chi connectivity index (χ0v) is 22.2. The van der Waals surface area contributed by atoms with E-state index in [0.29, 0.717) is 18.1 Å². The van der Waals surface area contributed by atoms with E-state index < -0.39 is 37.1 Å². The maximum atomic E-state index is 11.7. The van der Waals surface area contributed by atoms with Gasteiger partial charge in [0, 0.05) is 12.2 Å². The lowest BCUT2D eigenvalue weighted by atomic mass is 9.85. The molecule has 1 N–H and O–H groups in total. The van der Waals surface area contributed by atoms with Gasteiger partial charge in [0.1, 0.15) is 0 Å². The molecule has 168 valence electrons. The van der Waals surface area contributed by atoms with Crippen molar-refractivity contribution in [1.82, 2.24) is 0 Å². The molecule has 1 aliphatic rings. The number of carbonyl (C=O) groups is 2. The molecule has 0 amide bonds. The standard InChI is InChI=1S/C20H40O6Si3/c1-27(2,3)25-29(6,7)26-28(4,5)18(17-11-9-8-10-12-17)15-16-24-20(23)14-13-19(21)22/h13-14,17-18H,8-12,15-16H2,1-7H3,(H,21,22)/b14-13+. The monoisotopic (exact) mass is 460 g/mol. The van der Waals surface area contributed by atoms with Crippen LogP contribution in [0.3, 0.4) is 0 Å². The summed E-state index contributed by atoms with van der Waals surface area (Å²) in [4.78, 5) is 22.3. The van der Waals surface area contributed by atoms with Gasteiger partial charge in [0.25, 0.3) is 0 Å². The highest BCUT2D eigenvalue weighted by Crippen LogP contribution is 2.43. The number of carbonyl (C=O) groups excluding carboxylic acids is 1. The molecule has 1 saturated carbocycles. The molecule has 1 aliphatic carbocycles. The van der Waals surface area contributed by atoms with Gasteiger partial charge in [-0.05, 0) is 63.7 Å². The summed E-state index contributed by atoms with van der Waals surface area (Å²) in [5.41, 5.74) is 0.385. The van der Waals surface area contributed by atoms with Crippen molar-refractivity contribution in [2.45, 2.75) is 89.9 Å². The van der Waals surface area contributed by atoms with Crippen molar-refractivity contribution in [2.24, 2.45) is 5.92 Å². The Bertz CT molecular complexity index is 577. The summed E-state index contributed by atoms with van der Waals surface area (Å²) in [7, 11) is -6.05. The second-order valence-electron chi connectivity index (χ2n) is 9.95. The number of ether oxygens (including phenoxy) is 1. The van der Waals surface area contributed by atoms with Crippen LogP contribution < -0.4 is 0 Å². The average Bonchev–Trinajstić information content (AvgIpc) is 2.54. The Hall–Kier alpha value is -0.749. The van der Waals surface area contributed by atoms with Gasteiger partial charge in [0.05, 0.1) is 6.61 Å². The Labute approximate surface area is 179 Å². The highest BCUT2D eigenvalue weighted by Gasteiger charge is 2.45. The van der Waals surface area contributed by atoms with E-state index in [1.165, 1.54) is 32.1 Å². The molecule has 29 heavy (non-hydrogen) atoms. The maximum Gasteiger partial charge on any atom is 0.331 e. The van der Waals surface area contributed by atoms with Crippen LogP contribution >= 0.6 is 0 Å². The molecule has 9 heteroatoms. The normalized spacial score (nSPS) is 18.0. The molecule has 0 bridgehead atoms. The molecule has 0 heterocycles. The summed E-state index contributed by atoms with van der Waals surface area (Å²) in [5.74, 6) is -1.17. The van der Waals surface area contributed by atoms with Gasteiger partial charge in [0.2, 0.25) is 0 Å². The van der Waals surface area contributed by atoms with Crippen LogP contribution in [-0.2, 0) is 22.6 Å². The molecular weight excluding hydrogens is 420 g/mol. The van der Waals surface area contributed by atoms with E-state index in [-0.39, 0.29) is 0 Å². The van der Waals surface area contributed by atoms with Crippen molar-refractivity contribution < 1.29 is 27.7 Å². The summed E-state index contributed by atoms with van der Waals surface area (Å²) in [6, 6.07) is 0. The molecule has 0 aromatic heterocycles. The Kier molecular flexibility index (Phi) is 10.0. The van der Waals surface area contributed by atoms with Crippen LogP contribution in [0.25, 0.3) is 0 Å². The first kappa shape index (κ1) is 26.3. The van der Waals surface area contributed by atoms with E-state index in [4.69, 9.17) is 18.1 Å². The van der Waals surface area contributed by atoms with Crippen molar-refractivity contribution >= 4 is 37.1 Å². The second-order valence-corrected chi connectivity index (χ2v) is 22.6. The van der Waals surface area contributed by atoms with Crippen LogP contribution in [-0.4, -0.2) is 48.8 Å². The largest absolute Gasteiger partial charge is 0.478 e. The van der Waals surface area contributed by atoms with Gasteiger partial charge in [-0.2, -0.15) is 0 Å². The first-order valence-corrected chi connectivity index (χ1v) is 19.9. The fraction of sp³-hybridized carbons (Fsp3) is 0.800. The summed E-state index contributed by atoms with van der Waals surface area (Å²) in [5, 5.41) is 8.63. The summed E-state index contributed by atoms with van der Waals surface area (Å²) < 4.78 is 18.5. The minimum Gasteiger partial charge on any atom is -0.478 e. The molecule has 0 saturated heterocycles. The maximum absolute atomic E-state index is 11.7. The molecule has 1 unspecified atom stereocenters. The third-order valence-corrected chi connectivity index (χ3v) is 16.2. The Morgan fingerprint density at radius 2 is 1.55 bits per heavy atom. The van der Waals surface area contributed by atoms with Crippen molar-refractivity contribution in [3.05, 3.63) is 12.2 Å². The number of esters is 1. The van der Waals surface area contributed by atoms with Crippen molar-refractivity contribution in [3.8, 4) is 0 Å². The SMILES string of the molecule is C[Si](C)(C)O[Si](C)(C)O[Si](C)(C)C(CCOC(=O)/C=C/C(=O)O)C1CCCCC1. The van der Waals surface area contributed by atoms with Crippen molar-refractivity contribution in [3.63, 3.8) is 0 Å². The quantitative estimate of drug-likeness (QED) is 0.256. The van der Waals surface area contributed by atoms with Crippen LogP contribution in [0.4, 0.5) is 0 Å². The zero-order chi connectivity index (χ0) is 22.3. The van der Waals surface area contributed by atoms with Gasteiger partial charge in [-0.1, -0.05) is 32.1 Å². The molecule has 0 radical (unpaired) electrons. The average molecular weight is 461 g/mol. The minimum absolute atomic E-state index is 0.292. The molecule has 0 spiro atoms. The predicted molar refractivity (Wildman–Crippen MR) is 123 cm³/mol. The fourth-order valence-electron chi connectivity index (χ4n) is 4.63. The topological polar surface area (TPSA) is 82.1 Å². The molecule has 0 aromatic rings. The first-order chi connectivity index (χ1) is 13.2. The number of rotatable bonds is 11. The third-order valence-electron chi connectivity index (χ3n) is 5.21. The second kappa shape index (κ2) is 11.0. The van der Waals surface area contributed by atoms with Crippen LogP contribution in [0.5, 0.6) is 0 Å². The Balaban J connectivity index is 2.84. The zero-order valence-electron chi connectivity index (χ0n) is 19.2. The molecule has 1 fully saturated rings. The molecule has 0 aliphatic heterocycles. The van der Waals surface area contributed by atoms with E-state index >= 15 is 0 Å². The van der Waals surface area contributed by atoms with E-state index in [9.17, 15) is 9.59 Å². The Morgan fingerprint density at radius 1 is 0.966 bits per heavy atom. The summed E-state index contributed by atoms with van der Waals surface area (Å²) >= 11 is 0. The highest BCUT2D eigenvalue weighted by molar-refractivity contribution is 6.88. The van der Waals surface area contributed by atoms with Crippen molar-refractivity contribution in [2.75, 3.05) is 6.61 Å². The van der Waals surface area contributed by atoms with Crippen LogP contribution in [0.15, 0.2) is 12.2 Å². The smallest absolute Gasteiger partial charge is 0.331 e. The third kappa shape index (κ3) is 10.7. The molecule has 1 atom stereocenters.